The summed E-state index contributed by atoms with van der Waals surface area (Å²) in [6.45, 7) is 0. The third-order valence-corrected chi connectivity index (χ3v) is 2.05. The van der Waals surface area contributed by atoms with Gasteiger partial charge < -0.3 is 4.40 Å². The lowest BCUT2D eigenvalue weighted by Gasteiger charge is -1.90. The van der Waals surface area contributed by atoms with E-state index in [2.05, 4.69) is 11.1 Å². The quantitative estimate of drug-likeness (QED) is 0.647. The van der Waals surface area contributed by atoms with Crippen LogP contribution in [0.15, 0.2) is 24.5 Å². The molecule has 0 aliphatic heterocycles. The van der Waals surface area contributed by atoms with Crippen molar-refractivity contribution >= 4 is 17.2 Å². The third kappa shape index (κ3) is 1.36. The van der Waals surface area contributed by atoms with Crippen molar-refractivity contribution in [2.45, 2.75) is 5.88 Å². The van der Waals surface area contributed by atoms with E-state index in [1.165, 1.54) is 0 Å². The fourth-order valence-corrected chi connectivity index (χ4v) is 1.30. The maximum absolute atomic E-state index is 8.65. The molecule has 0 N–H and O–H groups in total. The van der Waals surface area contributed by atoms with Gasteiger partial charge in [-0.2, -0.15) is 5.26 Å². The molecule has 0 radical (unpaired) electrons. The van der Waals surface area contributed by atoms with Gasteiger partial charge in [0.25, 0.3) is 0 Å². The number of aromatic nitrogens is 2. The third-order valence-electron chi connectivity index (χ3n) is 1.78. The van der Waals surface area contributed by atoms with E-state index in [4.69, 9.17) is 16.9 Å². The van der Waals surface area contributed by atoms with Gasteiger partial charge in [-0.1, -0.05) is 0 Å². The molecule has 0 aliphatic rings. The summed E-state index contributed by atoms with van der Waals surface area (Å²) in [4.78, 5) is 4.22. The van der Waals surface area contributed by atoms with Gasteiger partial charge in [0.15, 0.2) is 0 Å². The molecule has 0 aromatic carbocycles. The summed E-state index contributed by atoms with van der Waals surface area (Å²) in [6, 6.07) is 5.53. The van der Waals surface area contributed by atoms with Gasteiger partial charge in [-0.05, 0) is 12.1 Å². The van der Waals surface area contributed by atoms with Gasteiger partial charge in [0.1, 0.15) is 5.65 Å². The maximum Gasteiger partial charge on any atom is 0.138 e. The van der Waals surface area contributed by atoms with E-state index in [-0.39, 0.29) is 0 Å². The predicted molar refractivity (Wildman–Crippen MR) is 49.5 cm³/mol. The van der Waals surface area contributed by atoms with E-state index >= 15 is 0 Å². The van der Waals surface area contributed by atoms with Crippen LogP contribution < -0.4 is 0 Å². The van der Waals surface area contributed by atoms with E-state index in [1.807, 2.05) is 10.6 Å². The molecule has 2 rings (SSSR count). The molecule has 0 fully saturated rings. The zero-order chi connectivity index (χ0) is 9.26. The normalized spacial score (nSPS) is 10.2. The van der Waals surface area contributed by atoms with Crippen molar-refractivity contribution in [3.05, 3.63) is 35.8 Å². The molecule has 64 valence electrons. The summed E-state index contributed by atoms with van der Waals surface area (Å²) in [5.74, 6) is 0.392. The Morgan fingerprint density at radius 1 is 1.62 bits per heavy atom. The number of rotatable bonds is 1. The highest BCUT2D eigenvalue weighted by Crippen LogP contribution is 2.08. The fourth-order valence-electron chi connectivity index (χ4n) is 1.17. The number of pyridine rings is 1. The summed E-state index contributed by atoms with van der Waals surface area (Å²) in [5, 5.41) is 8.65. The van der Waals surface area contributed by atoms with Gasteiger partial charge in [0.05, 0.1) is 23.2 Å². The van der Waals surface area contributed by atoms with E-state index in [0.29, 0.717) is 11.4 Å². The SMILES string of the molecule is N#Cc1ccn2cc(CCl)nc2c1. The second kappa shape index (κ2) is 3.08. The molecule has 0 spiro atoms. The van der Waals surface area contributed by atoms with Crippen molar-refractivity contribution in [1.82, 2.24) is 9.38 Å². The number of hydrogen-bond acceptors (Lipinski definition) is 2. The molecule has 3 nitrogen and oxygen atoms in total. The molecular weight excluding hydrogens is 186 g/mol. The fraction of sp³-hybridized carbons (Fsp3) is 0.111. The zero-order valence-corrected chi connectivity index (χ0v) is 7.49. The lowest BCUT2D eigenvalue weighted by Crippen LogP contribution is -1.82. The van der Waals surface area contributed by atoms with Gasteiger partial charge in [-0.3, -0.25) is 0 Å². The Hall–Kier alpha value is -1.53. The minimum atomic E-state index is 0.392. The minimum Gasteiger partial charge on any atom is -0.307 e. The molecule has 0 saturated heterocycles. The number of nitrogens with zero attached hydrogens (tertiary/aromatic N) is 3. The van der Waals surface area contributed by atoms with Crippen LogP contribution in [0.3, 0.4) is 0 Å². The van der Waals surface area contributed by atoms with Gasteiger partial charge in [0.2, 0.25) is 0 Å². The van der Waals surface area contributed by atoms with Gasteiger partial charge in [-0.25, -0.2) is 4.98 Å². The van der Waals surface area contributed by atoms with Crippen LogP contribution in [0, 0.1) is 11.3 Å². The highest BCUT2D eigenvalue weighted by Gasteiger charge is 2.00. The van der Waals surface area contributed by atoms with Crippen LogP contribution in [-0.2, 0) is 5.88 Å². The van der Waals surface area contributed by atoms with Crippen LogP contribution in [0.25, 0.3) is 5.65 Å². The van der Waals surface area contributed by atoms with Gasteiger partial charge in [-0.15, -0.1) is 11.6 Å². The highest BCUT2D eigenvalue weighted by atomic mass is 35.5. The molecular formula is C9H6ClN3. The average molecular weight is 192 g/mol. The molecule has 13 heavy (non-hydrogen) atoms. The molecule has 0 aliphatic carbocycles. The van der Waals surface area contributed by atoms with Crippen molar-refractivity contribution in [1.29, 1.82) is 5.26 Å². The smallest absolute Gasteiger partial charge is 0.138 e. The average Bonchev–Trinajstić information content (AvgIpc) is 2.58. The summed E-state index contributed by atoms with van der Waals surface area (Å²) in [5.41, 5.74) is 2.19. The first-order valence-electron chi connectivity index (χ1n) is 3.77. The minimum absolute atomic E-state index is 0.392. The van der Waals surface area contributed by atoms with Crippen molar-refractivity contribution in [3.63, 3.8) is 0 Å². The Morgan fingerprint density at radius 3 is 3.15 bits per heavy atom. The van der Waals surface area contributed by atoms with Crippen molar-refractivity contribution in [2.75, 3.05) is 0 Å². The molecule has 0 unspecified atom stereocenters. The van der Waals surface area contributed by atoms with Crippen LogP contribution in [0.4, 0.5) is 0 Å². The second-order valence-electron chi connectivity index (χ2n) is 2.66. The standard InChI is InChI=1S/C9H6ClN3/c10-4-8-6-13-2-1-7(5-11)3-9(13)12-8/h1-3,6H,4H2. The van der Waals surface area contributed by atoms with Crippen molar-refractivity contribution < 1.29 is 0 Å². The largest absolute Gasteiger partial charge is 0.307 e. The van der Waals surface area contributed by atoms with E-state index in [9.17, 15) is 0 Å². The van der Waals surface area contributed by atoms with E-state index in [0.717, 1.165) is 11.3 Å². The summed E-state index contributed by atoms with van der Waals surface area (Å²) >= 11 is 5.63. The maximum atomic E-state index is 8.65. The first-order valence-corrected chi connectivity index (χ1v) is 4.30. The Bertz CT molecular complexity index is 481. The van der Waals surface area contributed by atoms with Gasteiger partial charge >= 0.3 is 0 Å². The van der Waals surface area contributed by atoms with E-state index in [1.54, 1.807) is 18.3 Å². The molecule has 2 heterocycles. The Labute approximate surface area is 80.2 Å². The first kappa shape index (κ1) is 8.09. The lowest BCUT2D eigenvalue weighted by atomic mass is 10.3. The summed E-state index contributed by atoms with van der Waals surface area (Å²) < 4.78 is 1.85. The summed E-state index contributed by atoms with van der Waals surface area (Å²) in [7, 11) is 0. The van der Waals surface area contributed by atoms with Gasteiger partial charge in [0, 0.05) is 12.4 Å². The molecule has 0 saturated carbocycles. The molecule has 2 aromatic heterocycles. The molecule has 4 heteroatoms. The number of alkyl halides is 1. The predicted octanol–water partition coefficient (Wildman–Crippen LogP) is 1.94. The van der Waals surface area contributed by atoms with Crippen LogP contribution in [0.1, 0.15) is 11.3 Å². The number of imidazole rings is 1. The van der Waals surface area contributed by atoms with Crippen molar-refractivity contribution in [2.24, 2.45) is 0 Å². The van der Waals surface area contributed by atoms with Crippen LogP contribution in [-0.4, -0.2) is 9.38 Å². The van der Waals surface area contributed by atoms with E-state index < -0.39 is 0 Å². The second-order valence-corrected chi connectivity index (χ2v) is 2.93. The first-order chi connectivity index (χ1) is 6.33. The number of halogens is 1. The molecule has 0 bridgehead atoms. The molecule has 2 aromatic rings. The Balaban J connectivity index is 2.65. The monoisotopic (exact) mass is 191 g/mol. The summed E-state index contributed by atoms with van der Waals surface area (Å²) in [6.07, 6.45) is 3.65. The Kier molecular flexibility index (Phi) is 1.91. The number of fused-ring (bicyclic) bond motifs is 1. The Morgan fingerprint density at radius 2 is 2.46 bits per heavy atom. The zero-order valence-electron chi connectivity index (χ0n) is 6.74. The molecule has 0 atom stereocenters. The van der Waals surface area contributed by atoms with Crippen LogP contribution >= 0.6 is 11.6 Å². The number of nitriles is 1. The number of hydrogen-bond donors (Lipinski definition) is 0. The topological polar surface area (TPSA) is 41.1 Å². The van der Waals surface area contributed by atoms with Crippen molar-refractivity contribution in [3.8, 4) is 6.07 Å². The molecule has 0 amide bonds. The lowest BCUT2D eigenvalue weighted by molar-refractivity contribution is 1.18. The van der Waals surface area contributed by atoms with Crippen LogP contribution in [0.2, 0.25) is 0 Å². The highest BCUT2D eigenvalue weighted by molar-refractivity contribution is 6.16. The van der Waals surface area contributed by atoms with Crippen LogP contribution in [0.5, 0.6) is 0 Å².